The first-order valence-corrected chi connectivity index (χ1v) is 17.3. The van der Waals surface area contributed by atoms with Gasteiger partial charge in [-0.3, -0.25) is 9.59 Å². The maximum Gasteiger partial charge on any atom is 0.303 e. The molecule has 0 N–H and O–H groups in total. The van der Waals surface area contributed by atoms with Crippen molar-refractivity contribution in [2.45, 2.75) is 94.7 Å². The number of benzene rings is 3. The third kappa shape index (κ3) is 9.78. The van der Waals surface area contributed by atoms with Crippen LogP contribution in [0.4, 0.5) is 0 Å². The summed E-state index contributed by atoms with van der Waals surface area (Å²) in [6.07, 6.45) is -10.2. The number of hydrogen-bond acceptors (Lipinski definition) is 13. The molecule has 1 unspecified atom stereocenters. The first kappa shape index (κ1) is 38.3. The molecule has 3 aliphatic rings. The molecule has 0 bridgehead atoms. The van der Waals surface area contributed by atoms with Crippen molar-refractivity contribution < 1.29 is 57.0 Å². The summed E-state index contributed by atoms with van der Waals surface area (Å²) in [5.41, 5.74) is 12.3. The van der Waals surface area contributed by atoms with Crippen LogP contribution in [0.1, 0.15) is 36.8 Å². The van der Waals surface area contributed by atoms with E-state index >= 15 is 0 Å². The van der Waals surface area contributed by atoms with E-state index in [4.69, 9.17) is 47.4 Å². The van der Waals surface area contributed by atoms with Gasteiger partial charge in [0, 0.05) is 31.4 Å². The number of azide groups is 1. The molecule has 282 valence electrons. The van der Waals surface area contributed by atoms with E-state index in [0.717, 1.165) is 16.7 Å². The zero-order valence-corrected chi connectivity index (χ0v) is 29.6. The lowest BCUT2D eigenvalue weighted by Crippen LogP contribution is -2.67. The highest BCUT2D eigenvalue weighted by Crippen LogP contribution is 2.39. The van der Waals surface area contributed by atoms with Crippen molar-refractivity contribution in [2.24, 2.45) is 5.11 Å². The van der Waals surface area contributed by atoms with Gasteiger partial charge >= 0.3 is 11.9 Å². The summed E-state index contributed by atoms with van der Waals surface area (Å²) in [6.45, 7) is 2.96. The van der Waals surface area contributed by atoms with E-state index < -0.39 is 79.6 Å². The minimum atomic E-state index is -1.40. The Labute approximate surface area is 306 Å². The fourth-order valence-corrected chi connectivity index (χ4v) is 6.62. The molecule has 3 fully saturated rings. The lowest BCUT2D eigenvalue weighted by molar-refractivity contribution is -0.384. The molecule has 3 aromatic carbocycles. The molecular weight excluding hydrogens is 690 g/mol. The number of methoxy groups -OCH3 is 1. The van der Waals surface area contributed by atoms with Gasteiger partial charge in [-0.25, -0.2) is 0 Å². The van der Waals surface area contributed by atoms with Crippen LogP contribution in [0.15, 0.2) is 96.1 Å². The fraction of sp³-hybridized carbons (Fsp3) is 0.474. The van der Waals surface area contributed by atoms with Crippen LogP contribution in [-0.4, -0.2) is 93.6 Å². The molecule has 0 aromatic heterocycles. The molecule has 3 heterocycles. The number of nitrogens with zero attached hydrogens (tertiary/aromatic N) is 3. The van der Waals surface area contributed by atoms with Crippen molar-refractivity contribution in [1.82, 2.24) is 0 Å². The predicted octanol–water partition coefficient (Wildman–Crippen LogP) is 4.93. The van der Waals surface area contributed by atoms with Crippen molar-refractivity contribution >= 4 is 11.9 Å². The highest BCUT2D eigenvalue weighted by Gasteiger charge is 2.56. The monoisotopic (exact) mass is 733 g/mol. The van der Waals surface area contributed by atoms with Gasteiger partial charge in [0.05, 0.1) is 26.4 Å². The average molecular weight is 734 g/mol. The van der Waals surface area contributed by atoms with Gasteiger partial charge < -0.3 is 47.4 Å². The van der Waals surface area contributed by atoms with E-state index in [1.165, 1.54) is 21.0 Å². The summed E-state index contributed by atoms with van der Waals surface area (Å²) in [6, 6.07) is 27.0. The van der Waals surface area contributed by atoms with Crippen LogP contribution in [0.5, 0.6) is 0 Å². The zero-order chi connectivity index (χ0) is 37.2. The van der Waals surface area contributed by atoms with Gasteiger partial charge in [-0.2, -0.15) is 0 Å². The molecule has 6 rings (SSSR count). The molecule has 3 aromatic rings. The Morgan fingerprint density at radius 1 is 0.774 bits per heavy atom. The van der Waals surface area contributed by atoms with Crippen molar-refractivity contribution in [3.8, 4) is 0 Å². The SMILES string of the molecule is CO[C@H]1O[C@@H]2COC(c3ccccc3)O[C@H]2[C@H](OC(C)=O)[C@H]1O[C@H]1O[C@H](COCc2ccccc2)[C@H](OCc2ccccc2)[C@H](OC(C)=O)[C@H]1N=[N+]=[N-]. The summed E-state index contributed by atoms with van der Waals surface area (Å²) >= 11 is 0. The van der Waals surface area contributed by atoms with Crippen LogP contribution in [0.2, 0.25) is 0 Å². The van der Waals surface area contributed by atoms with Crippen LogP contribution in [-0.2, 0) is 70.2 Å². The Hall–Kier alpha value is -4.41. The third-order valence-corrected chi connectivity index (χ3v) is 8.96. The van der Waals surface area contributed by atoms with Gasteiger partial charge in [0.1, 0.15) is 36.6 Å². The smallest absolute Gasteiger partial charge is 0.303 e. The highest BCUT2D eigenvalue weighted by atomic mass is 16.8. The fourth-order valence-electron chi connectivity index (χ4n) is 6.62. The van der Waals surface area contributed by atoms with E-state index in [1.54, 1.807) is 0 Å². The number of fused-ring (bicyclic) bond motifs is 1. The van der Waals surface area contributed by atoms with E-state index in [2.05, 4.69) is 10.0 Å². The molecule has 0 aliphatic carbocycles. The lowest BCUT2D eigenvalue weighted by atomic mass is 9.95. The molecule has 0 saturated carbocycles. The van der Waals surface area contributed by atoms with E-state index in [0.29, 0.717) is 0 Å². The number of rotatable bonds is 14. The van der Waals surface area contributed by atoms with Gasteiger partial charge in [0.25, 0.3) is 0 Å². The number of esters is 2. The van der Waals surface area contributed by atoms with Gasteiger partial charge in [0.15, 0.2) is 31.1 Å². The van der Waals surface area contributed by atoms with Crippen molar-refractivity contribution in [1.29, 1.82) is 0 Å². The Balaban J connectivity index is 1.31. The number of hydrogen-bond donors (Lipinski definition) is 0. The van der Waals surface area contributed by atoms with E-state index in [9.17, 15) is 15.1 Å². The molecule has 11 atom stereocenters. The lowest BCUT2D eigenvalue weighted by Gasteiger charge is -2.50. The van der Waals surface area contributed by atoms with Crippen molar-refractivity contribution in [2.75, 3.05) is 20.3 Å². The Kier molecular flexibility index (Phi) is 13.4. The van der Waals surface area contributed by atoms with Crippen LogP contribution >= 0.6 is 0 Å². The molecule has 15 heteroatoms. The van der Waals surface area contributed by atoms with E-state index in [-0.39, 0.29) is 26.4 Å². The standard InChI is InChI=1S/C38H43N3O12/c1-23(42)48-33-30(40-41-39)37(50-28(21-45-19-25-13-7-4-8-14-25)31(33)46-20-26-15-9-5-10-16-26)53-35-34(49-24(2)43)32-29(51-38(35)44-3)22-47-36(52-32)27-17-11-6-12-18-27/h4-18,28-38H,19-22H2,1-3H3/t28-,29-,30-,31+,32-,33-,34+,35-,36?,37-,38+/m1/s1. The zero-order valence-electron chi connectivity index (χ0n) is 29.6. The van der Waals surface area contributed by atoms with Gasteiger partial charge in [0.2, 0.25) is 0 Å². The molecule has 3 aliphatic heterocycles. The molecule has 15 nitrogen and oxygen atoms in total. The Morgan fingerprint density at radius 2 is 1.40 bits per heavy atom. The molecule has 53 heavy (non-hydrogen) atoms. The number of ether oxygens (including phenoxy) is 10. The molecule has 0 radical (unpaired) electrons. The van der Waals surface area contributed by atoms with Crippen LogP contribution in [0.3, 0.4) is 0 Å². The normalized spacial score (nSPS) is 31.0. The van der Waals surface area contributed by atoms with Gasteiger partial charge in [-0.1, -0.05) is 96.1 Å². The summed E-state index contributed by atoms with van der Waals surface area (Å²) in [5.74, 6) is -1.26. The van der Waals surface area contributed by atoms with Crippen LogP contribution in [0, 0.1) is 0 Å². The summed E-state index contributed by atoms with van der Waals surface area (Å²) in [4.78, 5) is 28.3. The molecule has 3 saturated heterocycles. The number of carbonyl (C=O) groups is 2. The summed E-state index contributed by atoms with van der Waals surface area (Å²) in [5, 5.41) is 3.99. The first-order chi connectivity index (χ1) is 25.8. The molecule has 0 spiro atoms. The third-order valence-electron chi connectivity index (χ3n) is 8.96. The van der Waals surface area contributed by atoms with Crippen LogP contribution in [0.25, 0.3) is 10.4 Å². The second-order valence-electron chi connectivity index (χ2n) is 12.7. The maximum atomic E-state index is 12.6. The quantitative estimate of drug-likeness (QED) is 0.0948. The maximum absolute atomic E-state index is 12.6. The minimum absolute atomic E-state index is 0.0267. The second-order valence-corrected chi connectivity index (χ2v) is 12.7. The summed E-state index contributed by atoms with van der Waals surface area (Å²) < 4.78 is 61.6. The largest absolute Gasteiger partial charge is 0.459 e. The summed E-state index contributed by atoms with van der Waals surface area (Å²) in [7, 11) is 1.41. The molecule has 0 amide bonds. The van der Waals surface area contributed by atoms with Crippen LogP contribution < -0.4 is 0 Å². The Bertz CT molecular complexity index is 1660. The first-order valence-electron chi connectivity index (χ1n) is 17.3. The average Bonchev–Trinajstić information content (AvgIpc) is 3.17. The van der Waals surface area contributed by atoms with Gasteiger partial charge in [-0.05, 0) is 16.7 Å². The van der Waals surface area contributed by atoms with E-state index in [1.807, 2.05) is 91.0 Å². The highest BCUT2D eigenvalue weighted by molar-refractivity contribution is 5.66. The van der Waals surface area contributed by atoms with Crippen molar-refractivity contribution in [3.05, 3.63) is 118 Å². The minimum Gasteiger partial charge on any atom is -0.459 e. The molecular formula is C38H43N3O12. The second kappa shape index (κ2) is 18.6. The predicted molar refractivity (Wildman–Crippen MR) is 184 cm³/mol. The number of carbonyl (C=O) groups excluding carboxylic acids is 2. The topological polar surface area (TPSA) is 175 Å². The van der Waals surface area contributed by atoms with Gasteiger partial charge in [-0.15, -0.1) is 0 Å². The van der Waals surface area contributed by atoms with Crippen molar-refractivity contribution in [3.63, 3.8) is 0 Å². The Morgan fingerprint density at radius 3 is 2.02 bits per heavy atom.